The summed E-state index contributed by atoms with van der Waals surface area (Å²) in [5, 5.41) is 0. The molecule has 5 heteroatoms. The van der Waals surface area contributed by atoms with Crippen molar-refractivity contribution < 1.29 is 4.74 Å². The van der Waals surface area contributed by atoms with Crippen LogP contribution in [0.3, 0.4) is 0 Å². The molecular formula is C16H22N4O. The maximum absolute atomic E-state index is 5.28. The van der Waals surface area contributed by atoms with Crippen molar-refractivity contribution in [2.75, 3.05) is 7.11 Å². The molecule has 0 bridgehead atoms. The summed E-state index contributed by atoms with van der Waals surface area (Å²) in [4.78, 5) is 17.4. The first-order valence-corrected chi connectivity index (χ1v) is 7.25. The molecule has 0 saturated carbocycles. The monoisotopic (exact) mass is 286 g/mol. The van der Waals surface area contributed by atoms with Crippen molar-refractivity contribution >= 4 is 0 Å². The number of methoxy groups -OCH3 is 1. The van der Waals surface area contributed by atoms with Crippen LogP contribution in [0.1, 0.15) is 55.6 Å². The van der Waals surface area contributed by atoms with Crippen LogP contribution in [0.15, 0.2) is 24.8 Å². The van der Waals surface area contributed by atoms with Crippen LogP contribution < -0.4 is 4.74 Å². The van der Waals surface area contributed by atoms with Crippen molar-refractivity contribution in [2.24, 2.45) is 0 Å². The van der Waals surface area contributed by atoms with Crippen molar-refractivity contribution in [1.29, 1.82) is 0 Å². The summed E-state index contributed by atoms with van der Waals surface area (Å²) in [6.45, 7) is 6.28. The van der Waals surface area contributed by atoms with Gasteiger partial charge in [-0.05, 0) is 25.7 Å². The van der Waals surface area contributed by atoms with Crippen LogP contribution in [0.2, 0.25) is 0 Å². The molecule has 0 fully saturated rings. The maximum atomic E-state index is 5.28. The molecule has 5 nitrogen and oxygen atoms in total. The summed E-state index contributed by atoms with van der Waals surface area (Å²) >= 11 is 0. The highest BCUT2D eigenvalue weighted by atomic mass is 16.5. The van der Waals surface area contributed by atoms with Gasteiger partial charge in [0, 0.05) is 30.7 Å². The second kappa shape index (κ2) is 7.11. The van der Waals surface area contributed by atoms with Gasteiger partial charge in [0.15, 0.2) is 0 Å². The summed E-state index contributed by atoms with van der Waals surface area (Å²) in [7, 11) is 1.63. The highest BCUT2D eigenvalue weighted by Gasteiger charge is 2.16. The van der Waals surface area contributed by atoms with Gasteiger partial charge in [-0.3, -0.25) is 15.0 Å². The zero-order chi connectivity index (χ0) is 15.2. The van der Waals surface area contributed by atoms with Crippen molar-refractivity contribution in [3.8, 4) is 5.88 Å². The Morgan fingerprint density at radius 3 is 2.33 bits per heavy atom. The van der Waals surface area contributed by atoms with Gasteiger partial charge in [-0.25, -0.2) is 4.98 Å². The molecule has 2 rings (SSSR count). The van der Waals surface area contributed by atoms with Gasteiger partial charge >= 0.3 is 0 Å². The fourth-order valence-electron chi connectivity index (χ4n) is 2.27. The summed E-state index contributed by atoms with van der Waals surface area (Å²) in [5.41, 5.74) is 2.91. The van der Waals surface area contributed by atoms with Gasteiger partial charge in [-0.15, -0.1) is 0 Å². The number of hydrogen-bond acceptors (Lipinski definition) is 5. The number of aromatic nitrogens is 4. The van der Waals surface area contributed by atoms with E-state index >= 15 is 0 Å². The van der Waals surface area contributed by atoms with Crippen LogP contribution in [-0.4, -0.2) is 27.0 Å². The molecule has 2 aromatic rings. The Kier molecular flexibility index (Phi) is 5.20. The van der Waals surface area contributed by atoms with Gasteiger partial charge in [0.25, 0.3) is 0 Å². The summed E-state index contributed by atoms with van der Waals surface area (Å²) in [6, 6.07) is 0. The van der Waals surface area contributed by atoms with Crippen molar-refractivity contribution in [3.05, 3.63) is 41.9 Å². The molecule has 0 aromatic carbocycles. The van der Waals surface area contributed by atoms with Gasteiger partial charge in [0.05, 0.1) is 18.5 Å². The lowest BCUT2D eigenvalue weighted by Crippen LogP contribution is -2.05. The van der Waals surface area contributed by atoms with Crippen molar-refractivity contribution in [3.63, 3.8) is 0 Å². The third-order valence-electron chi connectivity index (χ3n) is 3.69. The van der Waals surface area contributed by atoms with E-state index in [1.165, 1.54) is 0 Å². The van der Waals surface area contributed by atoms with Gasteiger partial charge in [0.2, 0.25) is 5.88 Å². The smallest absolute Gasteiger partial charge is 0.235 e. The molecule has 21 heavy (non-hydrogen) atoms. The van der Waals surface area contributed by atoms with Crippen LogP contribution in [0, 0.1) is 6.92 Å². The Morgan fingerprint density at radius 1 is 0.952 bits per heavy atom. The SMILES string of the molecule is COc1nccnc1C(C)CCC(C)c1cnc(C)cn1. The Labute approximate surface area is 125 Å². The molecule has 0 aliphatic carbocycles. The van der Waals surface area contributed by atoms with Crippen LogP contribution in [0.4, 0.5) is 0 Å². The lowest BCUT2D eigenvalue weighted by Gasteiger charge is -2.16. The summed E-state index contributed by atoms with van der Waals surface area (Å²) < 4.78 is 5.28. The Morgan fingerprint density at radius 2 is 1.67 bits per heavy atom. The number of nitrogens with zero attached hydrogens (tertiary/aromatic N) is 4. The van der Waals surface area contributed by atoms with E-state index in [0.717, 1.165) is 29.9 Å². The van der Waals surface area contributed by atoms with Crippen LogP contribution in [-0.2, 0) is 0 Å². The van der Waals surface area contributed by atoms with Gasteiger partial charge in [0.1, 0.15) is 5.69 Å². The van der Waals surface area contributed by atoms with Gasteiger partial charge < -0.3 is 4.74 Å². The van der Waals surface area contributed by atoms with Crippen molar-refractivity contribution in [2.45, 2.75) is 45.4 Å². The lowest BCUT2D eigenvalue weighted by atomic mass is 9.94. The van der Waals surface area contributed by atoms with E-state index < -0.39 is 0 Å². The second-order valence-electron chi connectivity index (χ2n) is 5.41. The molecule has 2 heterocycles. The Bertz CT molecular complexity index is 571. The normalized spacial score (nSPS) is 13.7. The van der Waals surface area contributed by atoms with Crippen molar-refractivity contribution in [1.82, 2.24) is 19.9 Å². The molecule has 0 N–H and O–H groups in total. The predicted octanol–water partition coefficient (Wildman–Crippen LogP) is 3.27. The first-order chi connectivity index (χ1) is 10.1. The number of rotatable bonds is 6. The molecule has 112 valence electrons. The predicted molar refractivity (Wildman–Crippen MR) is 81.4 cm³/mol. The summed E-state index contributed by atoms with van der Waals surface area (Å²) in [6.07, 6.45) is 9.09. The lowest BCUT2D eigenvalue weighted by molar-refractivity contribution is 0.382. The number of ether oxygens (including phenoxy) is 1. The molecule has 0 radical (unpaired) electrons. The third kappa shape index (κ3) is 3.97. The second-order valence-corrected chi connectivity index (χ2v) is 5.41. The molecule has 2 aromatic heterocycles. The molecular weight excluding hydrogens is 264 g/mol. The fraction of sp³-hybridized carbons (Fsp3) is 0.500. The topological polar surface area (TPSA) is 60.8 Å². The van der Waals surface area contributed by atoms with E-state index in [-0.39, 0.29) is 0 Å². The highest BCUT2D eigenvalue weighted by molar-refractivity contribution is 5.21. The minimum Gasteiger partial charge on any atom is -0.480 e. The fourth-order valence-corrected chi connectivity index (χ4v) is 2.27. The first kappa shape index (κ1) is 15.4. The zero-order valence-corrected chi connectivity index (χ0v) is 13.1. The van der Waals surface area contributed by atoms with Crippen LogP contribution >= 0.6 is 0 Å². The van der Waals surface area contributed by atoms with Gasteiger partial charge in [-0.2, -0.15) is 0 Å². The average molecular weight is 286 g/mol. The molecule has 0 aliphatic heterocycles. The van der Waals surface area contributed by atoms with Gasteiger partial charge in [-0.1, -0.05) is 13.8 Å². The first-order valence-electron chi connectivity index (χ1n) is 7.25. The number of hydrogen-bond donors (Lipinski definition) is 0. The minimum absolute atomic E-state index is 0.300. The zero-order valence-electron chi connectivity index (χ0n) is 13.1. The average Bonchev–Trinajstić information content (AvgIpc) is 2.52. The standard InChI is InChI=1S/C16H22N4O/c1-11(14-10-19-13(3)9-20-14)5-6-12(2)15-16(21-4)18-8-7-17-15/h7-12H,5-6H2,1-4H3. The summed E-state index contributed by atoms with van der Waals surface area (Å²) in [5.74, 6) is 1.30. The molecule has 0 aliphatic rings. The van der Waals surface area contributed by atoms with Crippen LogP contribution in [0.25, 0.3) is 0 Å². The van der Waals surface area contributed by atoms with E-state index in [2.05, 4.69) is 33.8 Å². The van der Waals surface area contributed by atoms with E-state index in [9.17, 15) is 0 Å². The number of aryl methyl sites for hydroxylation is 1. The highest BCUT2D eigenvalue weighted by Crippen LogP contribution is 2.29. The van der Waals surface area contributed by atoms with E-state index in [4.69, 9.17) is 4.74 Å². The maximum Gasteiger partial charge on any atom is 0.235 e. The molecule has 0 spiro atoms. The van der Waals surface area contributed by atoms with Crippen LogP contribution in [0.5, 0.6) is 5.88 Å². The largest absolute Gasteiger partial charge is 0.480 e. The molecule has 0 amide bonds. The molecule has 2 atom stereocenters. The van der Waals surface area contributed by atoms with E-state index in [1.54, 1.807) is 19.5 Å². The molecule has 2 unspecified atom stereocenters. The Hall–Kier alpha value is -2.04. The minimum atomic E-state index is 0.300. The Balaban J connectivity index is 1.97. The van der Waals surface area contributed by atoms with E-state index in [1.807, 2.05) is 19.3 Å². The molecule has 0 saturated heterocycles. The third-order valence-corrected chi connectivity index (χ3v) is 3.69. The van der Waals surface area contributed by atoms with E-state index in [0.29, 0.717) is 17.7 Å². The quantitative estimate of drug-likeness (QED) is 0.815.